The van der Waals surface area contributed by atoms with E-state index < -0.39 is 11.9 Å². The largest absolute Gasteiger partial charge is 0.486 e. The van der Waals surface area contributed by atoms with E-state index in [1.54, 1.807) is 42.5 Å². The number of para-hydroxylation sites is 3. The minimum Gasteiger partial charge on any atom is -0.486 e. The lowest BCUT2D eigenvalue weighted by Gasteiger charge is -2.14. The summed E-state index contributed by atoms with van der Waals surface area (Å²) in [7, 11) is 0. The van der Waals surface area contributed by atoms with Gasteiger partial charge in [0.25, 0.3) is 0 Å². The monoisotopic (exact) mass is 372 g/mol. The molecule has 5 nitrogen and oxygen atoms in total. The van der Waals surface area contributed by atoms with Crippen molar-refractivity contribution in [2.75, 3.05) is 5.32 Å². The Morgan fingerprint density at radius 3 is 2.54 bits per heavy atom. The molecule has 28 heavy (non-hydrogen) atoms. The zero-order chi connectivity index (χ0) is 19.3. The Balaban J connectivity index is 1.42. The molecule has 3 aromatic carbocycles. The molecule has 4 rings (SSSR count). The number of anilines is 1. The molecule has 0 saturated carbocycles. The molecule has 0 aliphatic rings. The van der Waals surface area contributed by atoms with Crippen LogP contribution in [-0.4, -0.2) is 9.97 Å². The van der Waals surface area contributed by atoms with Crippen molar-refractivity contribution in [3.8, 4) is 11.8 Å². The van der Waals surface area contributed by atoms with Gasteiger partial charge in [-0.3, -0.25) is 0 Å². The molecule has 1 unspecified atom stereocenters. The van der Waals surface area contributed by atoms with Gasteiger partial charge < -0.3 is 15.0 Å². The summed E-state index contributed by atoms with van der Waals surface area (Å²) >= 11 is 0. The number of aromatic nitrogens is 2. The molecule has 0 saturated heterocycles. The summed E-state index contributed by atoms with van der Waals surface area (Å²) in [5, 5.41) is 12.4. The van der Waals surface area contributed by atoms with E-state index in [1.165, 1.54) is 6.07 Å². The molecule has 0 fully saturated rings. The van der Waals surface area contributed by atoms with Gasteiger partial charge in [-0.25, -0.2) is 9.37 Å². The lowest BCUT2D eigenvalue weighted by atomic mass is 10.1. The van der Waals surface area contributed by atoms with Gasteiger partial charge in [0.15, 0.2) is 0 Å². The molecule has 0 radical (unpaired) electrons. The van der Waals surface area contributed by atoms with Crippen molar-refractivity contribution in [3.05, 3.63) is 90.0 Å². The summed E-state index contributed by atoms with van der Waals surface area (Å²) in [6, 6.07) is 22.7. The van der Waals surface area contributed by atoms with E-state index in [-0.39, 0.29) is 0 Å². The molecule has 1 atom stereocenters. The maximum Gasteiger partial charge on any atom is 0.146 e. The topological polar surface area (TPSA) is 73.7 Å². The summed E-state index contributed by atoms with van der Waals surface area (Å²) in [6.45, 7) is 0.309. The van der Waals surface area contributed by atoms with Gasteiger partial charge in [0, 0.05) is 0 Å². The summed E-state index contributed by atoms with van der Waals surface area (Å²) in [6.07, 6.45) is 0. The van der Waals surface area contributed by atoms with Gasteiger partial charge >= 0.3 is 0 Å². The van der Waals surface area contributed by atoms with E-state index in [1.807, 2.05) is 24.3 Å². The highest BCUT2D eigenvalue weighted by Crippen LogP contribution is 2.23. The number of imidazole rings is 1. The minimum atomic E-state index is -0.665. The van der Waals surface area contributed by atoms with Crippen LogP contribution in [0, 0.1) is 17.1 Å². The lowest BCUT2D eigenvalue weighted by molar-refractivity contribution is 0.297. The first-order valence-corrected chi connectivity index (χ1v) is 8.80. The zero-order valence-electron chi connectivity index (χ0n) is 14.9. The molecule has 1 aromatic heterocycles. The first kappa shape index (κ1) is 17.6. The number of benzene rings is 3. The van der Waals surface area contributed by atoms with Crippen molar-refractivity contribution in [3.63, 3.8) is 0 Å². The Bertz CT molecular complexity index is 1100. The van der Waals surface area contributed by atoms with E-state index in [4.69, 9.17) is 4.74 Å². The Morgan fingerprint density at radius 2 is 1.79 bits per heavy atom. The van der Waals surface area contributed by atoms with Crippen molar-refractivity contribution in [1.82, 2.24) is 9.97 Å². The summed E-state index contributed by atoms with van der Waals surface area (Å²) in [5.41, 5.74) is 2.88. The molecule has 0 aliphatic heterocycles. The third-order valence-corrected chi connectivity index (χ3v) is 4.33. The van der Waals surface area contributed by atoms with Crippen LogP contribution in [0.1, 0.15) is 17.4 Å². The van der Waals surface area contributed by atoms with Gasteiger partial charge in [-0.15, -0.1) is 0 Å². The second-order valence-corrected chi connectivity index (χ2v) is 6.24. The molecule has 0 amide bonds. The molecule has 0 spiro atoms. The quantitative estimate of drug-likeness (QED) is 0.502. The maximum atomic E-state index is 13.8. The van der Waals surface area contributed by atoms with E-state index in [0.29, 0.717) is 18.0 Å². The van der Waals surface area contributed by atoms with Gasteiger partial charge in [0.2, 0.25) is 0 Å². The van der Waals surface area contributed by atoms with E-state index in [0.717, 1.165) is 22.4 Å². The first-order chi connectivity index (χ1) is 13.7. The van der Waals surface area contributed by atoms with Crippen LogP contribution in [0.3, 0.4) is 0 Å². The SMILES string of the molecule is N#CC(Nc1ccccc1F)c1ccc(OCc2nc3ccccc3[nH]2)cc1. The molecule has 138 valence electrons. The van der Waals surface area contributed by atoms with Gasteiger partial charge in [0.05, 0.1) is 22.8 Å². The number of aromatic amines is 1. The summed E-state index contributed by atoms with van der Waals surface area (Å²) in [5.74, 6) is 1.00. The van der Waals surface area contributed by atoms with Crippen molar-refractivity contribution in [2.24, 2.45) is 0 Å². The molecule has 2 N–H and O–H groups in total. The second kappa shape index (κ2) is 7.80. The van der Waals surface area contributed by atoms with Crippen LogP contribution in [0.4, 0.5) is 10.1 Å². The number of hydrogen-bond acceptors (Lipinski definition) is 4. The number of rotatable bonds is 6. The number of ether oxygens (including phenoxy) is 1. The fourth-order valence-corrected chi connectivity index (χ4v) is 2.91. The minimum absolute atomic E-state index is 0.291. The predicted octanol–water partition coefficient (Wildman–Crippen LogP) is 4.96. The van der Waals surface area contributed by atoms with Crippen molar-refractivity contribution in [1.29, 1.82) is 5.26 Å². The molecule has 0 aliphatic carbocycles. The maximum absolute atomic E-state index is 13.8. The highest BCUT2D eigenvalue weighted by atomic mass is 19.1. The van der Waals surface area contributed by atoms with E-state index in [2.05, 4.69) is 21.4 Å². The number of nitrogens with one attached hydrogen (secondary N) is 2. The molecular weight excluding hydrogens is 355 g/mol. The van der Waals surface area contributed by atoms with Crippen LogP contribution >= 0.6 is 0 Å². The van der Waals surface area contributed by atoms with Crippen LogP contribution in [-0.2, 0) is 6.61 Å². The standard InChI is InChI=1S/C22H17FN4O/c23-17-5-1-2-6-18(17)25-21(13-24)15-9-11-16(12-10-15)28-14-22-26-19-7-3-4-8-20(19)27-22/h1-12,21,25H,14H2,(H,26,27). The lowest BCUT2D eigenvalue weighted by Crippen LogP contribution is -2.09. The predicted molar refractivity (Wildman–Crippen MR) is 105 cm³/mol. The van der Waals surface area contributed by atoms with E-state index >= 15 is 0 Å². The normalized spacial score (nSPS) is 11.7. The number of nitrogens with zero attached hydrogens (tertiary/aromatic N) is 2. The highest BCUT2D eigenvalue weighted by Gasteiger charge is 2.12. The summed E-state index contributed by atoms with van der Waals surface area (Å²) in [4.78, 5) is 7.69. The fraction of sp³-hybridized carbons (Fsp3) is 0.0909. The van der Waals surface area contributed by atoms with Crippen molar-refractivity contribution in [2.45, 2.75) is 12.6 Å². The smallest absolute Gasteiger partial charge is 0.146 e. The van der Waals surface area contributed by atoms with Crippen LogP contribution in [0.5, 0.6) is 5.75 Å². The molecule has 1 heterocycles. The molecule has 0 bridgehead atoms. The number of H-pyrrole nitrogens is 1. The average molecular weight is 372 g/mol. The van der Waals surface area contributed by atoms with Crippen LogP contribution in [0.2, 0.25) is 0 Å². The Labute approximate surface area is 161 Å². The molecule has 6 heteroatoms. The average Bonchev–Trinajstić information content (AvgIpc) is 3.15. The third kappa shape index (κ3) is 3.79. The van der Waals surface area contributed by atoms with Gasteiger partial charge in [-0.05, 0) is 42.0 Å². The molecule has 4 aromatic rings. The number of halogens is 1. The van der Waals surface area contributed by atoms with Crippen molar-refractivity contribution < 1.29 is 9.13 Å². The number of nitriles is 1. The third-order valence-electron chi connectivity index (χ3n) is 4.33. The number of hydrogen-bond donors (Lipinski definition) is 2. The van der Waals surface area contributed by atoms with Gasteiger partial charge in [0.1, 0.15) is 30.0 Å². The fourth-order valence-electron chi connectivity index (χ4n) is 2.91. The first-order valence-electron chi connectivity index (χ1n) is 8.80. The highest BCUT2D eigenvalue weighted by molar-refractivity contribution is 5.74. The van der Waals surface area contributed by atoms with Crippen LogP contribution in [0.15, 0.2) is 72.8 Å². The van der Waals surface area contributed by atoms with Crippen LogP contribution < -0.4 is 10.1 Å². The van der Waals surface area contributed by atoms with Crippen LogP contribution in [0.25, 0.3) is 11.0 Å². The second-order valence-electron chi connectivity index (χ2n) is 6.24. The Kier molecular flexibility index (Phi) is 4.89. The summed E-state index contributed by atoms with van der Waals surface area (Å²) < 4.78 is 19.6. The van der Waals surface area contributed by atoms with Gasteiger partial charge in [-0.2, -0.15) is 5.26 Å². The van der Waals surface area contributed by atoms with E-state index in [9.17, 15) is 9.65 Å². The Morgan fingerprint density at radius 1 is 1.04 bits per heavy atom. The molecular formula is C22H17FN4O. The number of fused-ring (bicyclic) bond motifs is 1. The zero-order valence-corrected chi connectivity index (χ0v) is 14.9. The Hall–Kier alpha value is -3.85. The van der Waals surface area contributed by atoms with Crippen molar-refractivity contribution >= 4 is 16.7 Å². The van der Waals surface area contributed by atoms with Gasteiger partial charge in [-0.1, -0.05) is 36.4 Å².